The van der Waals surface area contributed by atoms with Gasteiger partial charge in [-0.3, -0.25) is 4.79 Å². The molecule has 0 radical (unpaired) electrons. The van der Waals surface area contributed by atoms with Crippen LogP contribution in [0.5, 0.6) is 0 Å². The molecule has 1 saturated carbocycles. The zero-order valence-electron chi connectivity index (χ0n) is 12.8. The maximum atomic E-state index is 12.2. The second kappa shape index (κ2) is 8.93. The third-order valence-electron chi connectivity index (χ3n) is 4.67. The Morgan fingerprint density at radius 3 is 2.70 bits per heavy atom. The number of thioether (sulfide) groups is 1. The lowest BCUT2D eigenvalue weighted by molar-refractivity contribution is -0.122. The molecule has 2 fully saturated rings. The van der Waals surface area contributed by atoms with Crippen LogP contribution in [0.2, 0.25) is 0 Å². The van der Waals surface area contributed by atoms with Crippen molar-refractivity contribution >= 4 is 17.7 Å². The standard InChI is InChI=1S/C16H30N2OS/c1-2-20-15-6-4-3-5-14(15)18-16(19)8-7-13-9-11-17-12-10-13/h13-15,17H,2-12H2,1H3,(H,18,19). The zero-order valence-corrected chi connectivity index (χ0v) is 13.6. The minimum absolute atomic E-state index is 0.289. The van der Waals surface area contributed by atoms with Crippen LogP contribution in [-0.4, -0.2) is 36.0 Å². The summed E-state index contributed by atoms with van der Waals surface area (Å²) in [5, 5.41) is 7.35. The van der Waals surface area contributed by atoms with E-state index in [0.717, 1.165) is 37.6 Å². The molecule has 1 heterocycles. The van der Waals surface area contributed by atoms with Crippen molar-refractivity contribution in [1.29, 1.82) is 0 Å². The maximum Gasteiger partial charge on any atom is 0.220 e. The molecule has 20 heavy (non-hydrogen) atoms. The summed E-state index contributed by atoms with van der Waals surface area (Å²) < 4.78 is 0. The fourth-order valence-corrected chi connectivity index (χ4v) is 4.66. The fourth-order valence-electron chi connectivity index (χ4n) is 3.46. The highest BCUT2D eigenvalue weighted by Gasteiger charge is 2.26. The summed E-state index contributed by atoms with van der Waals surface area (Å²) in [6.45, 7) is 4.48. The van der Waals surface area contributed by atoms with Gasteiger partial charge in [0.25, 0.3) is 0 Å². The van der Waals surface area contributed by atoms with Gasteiger partial charge < -0.3 is 10.6 Å². The molecule has 2 N–H and O–H groups in total. The number of hydrogen-bond acceptors (Lipinski definition) is 3. The molecule has 4 heteroatoms. The van der Waals surface area contributed by atoms with Crippen molar-refractivity contribution < 1.29 is 4.79 Å². The van der Waals surface area contributed by atoms with Gasteiger partial charge >= 0.3 is 0 Å². The third kappa shape index (κ3) is 5.28. The van der Waals surface area contributed by atoms with Crippen LogP contribution in [0.3, 0.4) is 0 Å². The van der Waals surface area contributed by atoms with Crippen LogP contribution in [0.4, 0.5) is 0 Å². The van der Waals surface area contributed by atoms with Gasteiger partial charge in [0.2, 0.25) is 5.91 Å². The Kier molecular flexibility index (Phi) is 7.22. The molecule has 0 aromatic carbocycles. The van der Waals surface area contributed by atoms with E-state index in [2.05, 4.69) is 17.6 Å². The molecule has 0 aromatic rings. The Hall–Kier alpha value is -0.220. The zero-order chi connectivity index (χ0) is 14.2. The lowest BCUT2D eigenvalue weighted by Gasteiger charge is -2.32. The van der Waals surface area contributed by atoms with E-state index in [0.29, 0.717) is 11.3 Å². The van der Waals surface area contributed by atoms with Crippen molar-refractivity contribution in [3.8, 4) is 0 Å². The predicted molar refractivity (Wildman–Crippen MR) is 87.1 cm³/mol. The van der Waals surface area contributed by atoms with Crippen LogP contribution in [0.15, 0.2) is 0 Å². The van der Waals surface area contributed by atoms with Gasteiger partial charge in [0.05, 0.1) is 0 Å². The van der Waals surface area contributed by atoms with Crippen LogP contribution >= 0.6 is 11.8 Å². The summed E-state index contributed by atoms with van der Waals surface area (Å²) in [5.41, 5.74) is 0. The van der Waals surface area contributed by atoms with E-state index >= 15 is 0 Å². The predicted octanol–water partition coefficient (Wildman–Crippen LogP) is 2.95. The molecule has 1 saturated heterocycles. The molecule has 1 aliphatic carbocycles. The van der Waals surface area contributed by atoms with E-state index in [9.17, 15) is 4.79 Å². The summed E-state index contributed by atoms with van der Waals surface area (Å²) >= 11 is 2.03. The number of hydrogen-bond donors (Lipinski definition) is 2. The second-order valence-corrected chi connectivity index (χ2v) is 7.70. The number of piperidine rings is 1. The Morgan fingerprint density at radius 2 is 1.95 bits per heavy atom. The van der Waals surface area contributed by atoms with E-state index in [-0.39, 0.29) is 5.91 Å². The molecule has 0 aromatic heterocycles. The van der Waals surface area contributed by atoms with Crippen molar-refractivity contribution in [3.63, 3.8) is 0 Å². The van der Waals surface area contributed by atoms with Gasteiger partial charge in [-0.25, -0.2) is 0 Å². The topological polar surface area (TPSA) is 41.1 Å². The molecule has 116 valence electrons. The van der Waals surface area contributed by atoms with Crippen molar-refractivity contribution in [2.45, 2.75) is 69.6 Å². The Labute approximate surface area is 128 Å². The number of amides is 1. The van der Waals surface area contributed by atoms with Crippen molar-refractivity contribution in [1.82, 2.24) is 10.6 Å². The van der Waals surface area contributed by atoms with E-state index in [1.54, 1.807) is 0 Å². The highest BCUT2D eigenvalue weighted by Crippen LogP contribution is 2.28. The van der Waals surface area contributed by atoms with Crippen molar-refractivity contribution in [3.05, 3.63) is 0 Å². The van der Waals surface area contributed by atoms with Crippen LogP contribution in [0.1, 0.15) is 58.3 Å². The highest BCUT2D eigenvalue weighted by atomic mass is 32.2. The van der Waals surface area contributed by atoms with Crippen molar-refractivity contribution in [2.24, 2.45) is 5.92 Å². The van der Waals surface area contributed by atoms with E-state index in [1.165, 1.54) is 38.5 Å². The van der Waals surface area contributed by atoms with Crippen LogP contribution in [0.25, 0.3) is 0 Å². The van der Waals surface area contributed by atoms with Crippen LogP contribution in [0, 0.1) is 5.92 Å². The molecule has 2 unspecified atom stereocenters. The molecule has 2 aliphatic rings. The summed E-state index contributed by atoms with van der Waals surface area (Å²) in [6, 6.07) is 0.425. The molecule has 0 bridgehead atoms. The SMILES string of the molecule is CCSC1CCCCC1NC(=O)CCC1CCNCC1. The number of nitrogens with one attached hydrogen (secondary N) is 2. The molecule has 1 aliphatic heterocycles. The molecule has 2 atom stereocenters. The Bertz CT molecular complexity index is 290. The van der Waals surface area contributed by atoms with E-state index in [1.807, 2.05) is 11.8 Å². The summed E-state index contributed by atoms with van der Waals surface area (Å²) in [5.74, 6) is 2.21. The lowest BCUT2D eigenvalue weighted by atomic mass is 9.92. The first kappa shape index (κ1) is 16.2. The number of carbonyl (C=O) groups excluding carboxylic acids is 1. The summed E-state index contributed by atoms with van der Waals surface area (Å²) in [6.07, 6.45) is 9.35. The number of carbonyl (C=O) groups is 1. The Morgan fingerprint density at radius 1 is 1.20 bits per heavy atom. The quantitative estimate of drug-likeness (QED) is 0.792. The van der Waals surface area contributed by atoms with Gasteiger partial charge in [-0.2, -0.15) is 11.8 Å². The van der Waals surface area contributed by atoms with Gasteiger partial charge in [-0.15, -0.1) is 0 Å². The summed E-state index contributed by atoms with van der Waals surface area (Å²) in [7, 11) is 0. The lowest BCUT2D eigenvalue weighted by Crippen LogP contribution is -2.44. The third-order valence-corrected chi connectivity index (χ3v) is 5.99. The monoisotopic (exact) mass is 298 g/mol. The van der Waals surface area contributed by atoms with Gasteiger partial charge in [-0.1, -0.05) is 19.8 Å². The van der Waals surface area contributed by atoms with E-state index in [4.69, 9.17) is 0 Å². The molecular formula is C16H30N2OS. The van der Waals surface area contributed by atoms with Gasteiger partial charge in [0, 0.05) is 17.7 Å². The first-order chi connectivity index (χ1) is 9.79. The minimum Gasteiger partial charge on any atom is -0.352 e. The first-order valence-electron chi connectivity index (χ1n) is 8.41. The highest BCUT2D eigenvalue weighted by molar-refractivity contribution is 7.99. The minimum atomic E-state index is 0.289. The summed E-state index contributed by atoms with van der Waals surface area (Å²) in [4.78, 5) is 12.2. The Balaban J connectivity index is 1.69. The van der Waals surface area contributed by atoms with Gasteiger partial charge in [0.1, 0.15) is 0 Å². The normalized spacial score (nSPS) is 28.2. The fraction of sp³-hybridized carbons (Fsp3) is 0.938. The van der Waals surface area contributed by atoms with Crippen LogP contribution in [-0.2, 0) is 4.79 Å². The second-order valence-electron chi connectivity index (χ2n) is 6.18. The first-order valence-corrected chi connectivity index (χ1v) is 9.46. The molecule has 1 amide bonds. The average molecular weight is 298 g/mol. The largest absolute Gasteiger partial charge is 0.352 e. The molecule has 2 rings (SSSR count). The maximum absolute atomic E-state index is 12.2. The average Bonchev–Trinajstić information content (AvgIpc) is 2.49. The smallest absolute Gasteiger partial charge is 0.220 e. The van der Waals surface area contributed by atoms with Gasteiger partial charge in [-0.05, 0) is 56.9 Å². The molecule has 3 nitrogen and oxygen atoms in total. The van der Waals surface area contributed by atoms with Gasteiger partial charge in [0.15, 0.2) is 0 Å². The molecular weight excluding hydrogens is 268 g/mol. The van der Waals surface area contributed by atoms with E-state index < -0.39 is 0 Å². The van der Waals surface area contributed by atoms with Crippen LogP contribution < -0.4 is 10.6 Å². The number of rotatable bonds is 6. The molecule has 0 spiro atoms. The van der Waals surface area contributed by atoms with Crippen molar-refractivity contribution in [2.75, 3.05) is 18.8 Å².